The minimum Gasteiger partial charge on any atom is -0.806 e. The molecule has 0 aliphatic carbocycles. The Morgan fingerprint density at radius 3 is 1.75 bits per heavy atom. The Bertz CT molecular complexity index is 65.4. The molecule has 1 atom stereocenters. The molecular weight excluding hydrogens is 102 g/mol. The third kappa shape index (κ3) is 2.28. The molecule has 1 unspecified atom stereocenters. The van der Waals surface area contributed by atoms with E-state index in [4.69, 9.17) is 0 Å². The van der Waals surface area contributed by atoms with Crippen LogP contribution in [0.5, 0.6) is 0 Å². The van der Waals surface area contributed by atoms with Crippen molar-refractivity contribution in [2.24, 2.45) is 0 Å². The predicted octanol–water partition coefficient (Wildman–Crippen LogP) is -0.211. The van der Waals surface area contributed by atoms with Gasteiger partial charge in [-0.1, -0.05) is 6.92 Å². The standard InChI is InChI=1S/C6H15NO/c1-5-6(8)7(2,3)4/h6H,5H2,1-4H3. The van der Waals surface area contributed by atoms with E-state index in [1.165, 1.54) is 0 Å². The van der Waals surface area contributed by atoms with Gasteiger partial charge in [0, 0.05) is 6.23 Å². The van der Waals surface area contributed by atoms with Crippen LogP contribution in [0.4, 0.5) is 0 Å². The maximum absolute atomic E-state index is 10.9. The van der Waals surface area contributed by atoms with Crippen LogP contribution in [-0.4, -0.2) is 31.9 Å². The van der Waals surface area contributed by atoms with Crippen LogP contribution < -0.4 is 5.11 Å². The van der Waals surface area contributed by atoms with Crippen molar-refractivity contribution in [3.05, 3.63) is 0 Å². The molecule has 0 N–H and O–H groups in total. The second kappa shape index (κ2) is 2.46. The molecule has 0 amide bonds. The molecule has 0 aromatic carbocycles. The number of quaternary nitrogens is 1. The minimum absolute atomic E-state index is 0.463. The van der Waals surface area contributed by atoms with Gasteiger partial charge in [-0.25, -0.2) is 0 Å². The number of hydrogen-bond donors (Lipinski definition) is 0. The zero-order valence-corrected chi connectivity index (χ0v) is 6.14. The Labute approximate surface area is 51.3 Å². The summed E-state index contributed by atoms with van der Waals surface area (Å²) in [6.45, 7) is 1.92. The molecule has 50 valence electrons. The molecule has 0 bridgehead atoms. The first kappa shape index (κ1) is 7.92. The van der Waals surface area contributed by atoms with Gasteiger partial charge in [0.1, 0.15) is 0 Å². The van der Waals surface area contributed by atoms with E-state index in [2.05, 4.69) is 0 Å². The van der Waals surface area contributed by atoms with E-state index in [1.807, 2.05) is 28.1 Å². The second-order valence-corrected chi connectivity index (χ2v) is 2.98. The summed E-state index contributed by atoms with van der Waals surface area (Å²) in [5.74, 6) is 0. The Kier molecular flexibility index (Phi) is 2.44. The fourth-order valence-corrected chi connectivity index (χ4v) is 0.548. The normalized spacial score (nSPS) is 16.1. The van der Waals surface area contributed by atoms with Gasteiger partial charge < -0.3 is 9.59 Å². The molecule has 0 radical (unpaired) electrons. The Morgan fingerprint density at radius 1 is 1.38 bits per heavy atom. The van der Waals surface area contributed by atoms with Crippen LogP contribution >= 0.6 is 0 Å². The van der Waals surface area contributed by atoms with Crippen molar-refractivity contribution in [3.8, 4) is 0 Å². The molecule has 0 fully saturated rings. The predicted molar refractivity (Wildman–Crippen MR) is 32.1 cm³/mol. The highest BCUT2D eigenvalue weighted by Crippen LogP contribution is 1.97. The van der Waals surface area contributed by atoms with E-state index < -0.39 is 6.23 Å². The zero-order valence-electron chi connectivity index (χ0n) is 6.14. The van der Waals surface area contributed by atoms with Crippen molar-refractivity contribution in [3.63, 3.8) is 0 Å². The van der Waals surface area contributed by atoms with Crippen LogP contribution in [0.15, 0.2) is 0 Å². The van der Waals surface area contributed by atoms with Gasteiger partial charge in [0.2, 0.25) is 0 Å². The monoisotopic (exact) mass is 117 g/mol. The van der Waals surface area contributed by atoms with Crippen molar-refractivity contribution < 1.29 is 9.59 Å². The van der Waals surface area contributed by atoms with Gasteiger partial charge in [-0.2, -0.15) is 0 Å². The summed E-state index contributed by atoms with van der Waals surface area (Å²) in [5.41, 5.74) is 0. The van der Waals surface area contributed by atoms with Gasteiger partial charge >= 0.3 is 0 Å². The fourth-order valence-electron chi connectivity index (χ4n) is 0.548. The lowest BCUT2D eigenvalue weighted by Gasteiger charge is -2.37. The molecule has 0 heterocycles. The highest BCUT2D eigenvalue weighted by molar-refractivity contribution is 4.28. The molecule has 2 nitrogen and oxygen atoms in total. The van der Waals surface area contributed by atoms with Gasteiger partial charge in [0.05, 0.1) is 21.1 Å². The van der Waals surface area contributed by atoms with Crippen LogP contribution in [-0.2, 0) is 0 Å². The molecule has 0 saturated heterocycles. The molecule has 0 aromatic rings. The topological polar surface area (TPSA) is 23.1 Å². The lowest BCUT2D eigenvalue weighted by molar-refractivity contribution is -0.969. The average molecular weight is 117 g/mol. The highest BCUT2D eigenvalue weighted by Gasteiger charge is 2.08. The fraction of sp³-hybridized carbons (Fsp3) is 1.00. The third-order valence-corrected chi connectivity index (χ3v) is 1.21. The van der Waals surface area contributed by atoms with Crippen LogP contribution in [0.3, 0.4) is 0 Å². The molecular formula is C6H15NO. The van der Waals surface area contributed by atoms with E-state index in [0.29, 0.717) is 10.9 Å². The lowest BCUT2D eigenvalue weighted by Crippen LogP contribution is -2.52. The van der Waals surface area contributed by atoms with Gasteiger partial charge in [-0.05, 0) is 6.42 Å². The van der Waals surface area contributed by atoms with E-state index in [9.17, 15) is 5.11 Å². The largest absolute Gasteiger partial charge is 0.806 e. The Hall–Kier alpha value is -0.0800. The summed E-state index contributed by atoms with van der Waals surface area (Å²) in [7, 11) is 5.75. The van der Waals surface area contributed by atoms with E-state index in [1.54, 1.807) is 0 Å². The van der Waals surface area contributed by atoms with Crippen LogP contribution in [0.1, 0.15) is 13.3 Å². The molecule has 2 heteroatoms. The maximum atomic E-state index is 10.9. The molecule has 0 aliphatic rings. The maximum Gasteiger partial charge on any atom is 0.0669 e. The van der Waals surface area contributed by atoms with E-state index in [0.717, 1.165) is 0 Å². The van der Waals surface area contributed by atoms with Gasteiger partial charge in [-0.3, -0.25) is 0 Å². The summed E-state index contributed by atoms with van der Waals surface area (Å²) in [4.78, 5) is 0. The summed E-state index contributed by atoms with van der Waals surface area (Å²) < 4.78 is 0.524. The Balaban J connectivity index is 3.62. The number of rotatable bonds is 2. The van der Waals surface area contributed by atoms with Crippen molar-refractivity contribution in [1.29, 1.82) is 0 Å². The smallest absolute Gasteiger partial charge is 0.0669 e. The van der Waals surface area contributed by atoms with E-state index in [-0.39, 0.29) is 0 Å². The average Bonchev–Trinajstić information content (AvgIpc) is 1.62. The third-order valence-electron chi connectivity index (χ3n) is 1.21. The van der Waals surface area contributed by atoms with Crippen molar-refractivity contribution in [1.82, 2.24) is 0 Å². The second-order valence-electron chi connectivity index (χ2n) is 2.98. The summed E-state index contributed by atoms with van der Waals surface area (Å²) in [6.07, 6.45) is 0.249. The summed E-state index contributed by atoms with van der Waals surface area (Å²) >= 11 is 0. The highest BCUT2D eigenvalue weighted by atomic mass is 16.3. The number of hydrogen-bond acceptors (Lipinski definition) is 1. The first-order valence-corrected chi connectivity index (χ1v) is 2.95. The van der Waals surface area contributed by atoms with Crippen LogP contribution in [0.25, 0.3) is 0 Å². The van der Waals surface area contributed by atoms with Crippen molar-refractivity contribution >= 4 is 0 Å². The van der Waals surface area contributed by atoms with Gasteiger partial charge in [0.15, 0.2) is 0 Å². The summed E-state index contributed by atoms with van der Waals surface area (Å²) in [6, 6.07) is 0. The number of nitrogens with zero attached hydrogens (tertiary/aromatic N) is 1. The minimum atomic E-state index is -0.463. The zero-order chi connectivity index (χ0) is 6.78. The molecule has 0 saturated carbocycles. The SMILES string of the molecule is CCC([O-])[N+](C)(C)C. The van der Waals surface area contributed by atoms with Crippen LogP contribution in [0.2, 0.25) is 0 Å². The van der Waals surface area contributed by atoms with Crippen LogP contribution in [0, 0.1) is 0 Å². The van der Waals surface area contributed by atoms with Gasteiger partial charge in [0.25, 0.3) is 0 Å². The molecule has 0 aromatic heterocycles. The first-order chi connectivity index (χ1) is 3.48. The van der Waals surface area contributed by atoms with Crippen molar-refractivity contribution in [2.45, 2.75) is 19.6 Å². The van der Waals surface area contributed by atoms with E-state index >= 15 is 0 Å². The summed E-state index contributed by atoms with van der Waals surface area (Å²) in [5, 5.41) is 10.9. The molecule has 0 spiro atoms. The molecule has 0 aliphatic heterocycles. The molecule has 8 heavy (non-hydrogen) atoms. The quantitative estimate of drug-likeness (QED) is 0.362. The Morgan fingerprint density at radius 2 is 1.75 bits per heavy atom. The molecule has 0 rings (SSSR count). The first-order valence-electron chi connectivity index (χ1n) is 2.95. The lowest BCUT2D eigenvalue weighted by atomic mass is 10.4. The van der Waals surface area contributed by atoms with Crippen molar-refractivity contribution in [2.75, 3.05) is 21.1 Å². The van der Waals surface area contributed by atoms with Gasteiger partial charge in [-0.15, -0.1) is 0 Å².